The number of benzene rings is 2. The molecule has 0 N–H and O–H groups in total. The van der Waals surface area contributed by atoms with E-state index >= 15 is 0 Å². The molecular weight excluding hydrogens is 478 g/mol. The third-order valence-corrected chi connectivity index (χ3v) is 7.17. The van der Waals surface area contributed by atoms with E-state index in [9.17, 15) is 14.9 Å². The van der Waals surface area contributed by atoms with Gasteiger partial charge in [-0.3, -0.25) is 19.8 Å². The monoisotopic (exact) mass is 493 g/mol. The SMILES string of the molecule is O=C(c1sc2cc([N+](=O)[O-])ccc2c1Cl)N1CCN(Cc2ccc(Br)cc2)CC1. The van der Waals surface area contributed by atoms with Gasteiger partial charge in [-0.2, -0.15) is 0 Å². The average Bonchev–Trinajstić information content (AvgIpc) is 3.05. The number of hydrogen-bond acceptors (Lipinski definition) is 5. The number of nitro benzene ring substituents is 1. The summed E-state index contributed by atoms with van der Waals surface area (Å²) >= 11 is 11.1. The molecule has 2 aromatic carbocycles. The van der Waals surface area contributed by atoms with Crippen LogP contribution in [0.25, 0.3) is 10.1 Å². The predicted octanol–water partition coefficient (Wildman–Crippen LogP) is 5.18. The van der Waals surface area contributed by atoms with Crippen LogP contribution in [0.4, 0.5) is 5.69 Å². The molecular formula is C20H17BrClN3O3S. The zero-order valence-corrected chi connectivity index (χ0v) is 18.5. The molecule has 2 heterocycles. The van der Waals surface area contributed by atoms with Gasteiger partial charge in [-0.1, -0.05) is 39.7 Å². The lowest BCUT2D eigenvalue weighted by Crippen LogP contribution is -2.48. The van der Waals surface area contributed by atoms with Crippen molar-refractivity contribution in [1.29, 1.82) is 0 Å². The van der Waals surface area contributed by atoms with E-state index in [4.69, 9.17) is 11.6 Å². The van der Waals surface area contributed by atoms with Gasteiger partial charge >= 0.3 is 0 Å². The van der Waals surface area contributed by atoms with E-state index in [1.165, 1.54) is 29.0 Å². The molecule has 29 heavy (non-hydrogen) atoms. The Balaban J connectivity index is 1.44. The minimum atomic E-state index is -0.445. The van der Waals surface area contributed by atoms with Crippen LogP contribution in [0.2, 0.25) is 5.02 Å². The lowest BCUT2D eigenvalue weighted by Gasteiger charge is -2.34. The summed E-state index contributed by atoms with van der Waals surface area (Å²) in [5, 5.41) is 12.0. The second-order valence-electron chi connectivity index (χ2n) is 6.88. The third-order valence-electron chi connectivity index (χ3n) is 5.00. The Kier molecular flexibility index (Phi) is 5.87. The van der Waals surface area contributed by atoms with Crippen molar-refractivity contribution in [2.45, 2.75) is 6.54 Å². The molecule has 150 valence electrons. The summed E-state index contributed by atoms with van der Waals surface area (Å²) in [7, 11) is 0. The Morgan fingerprint density at radius 2 is 1.83 bits per heavy atom. The summed E-state index contributed by atoms with van der Waals surface area (Å²) in [5.74, 6) is -0.109. The highest BCUT2D eigenvalue weighted by atomic mass is 79.9. The van der Waals surface area contributed by atoms with Crippen molar-refractivity contribution in [3.8, 4) is 0 Å². The number of piperazine rings is 1. The first-order valence-electron chi connectivity index (χ1n) is 9.05. The van der Waals surface area contributed by atoms with Crippen LogP contribution in [-0.2, 0) is 6.54 Å². The van der Waals surface area contributed by atoms with Gasteiger partial charge in [-0.05, 0) is 23.8 Å². The van der Waals surface area contributed by atoms with Crippen LogP contribution in [-0.4, -0.2) is 46.8 Å². The second kappa shape index (κ2) is 8.39. The van der Waals surface area contributed by atoms with E-state index in [1.807, 2.05) is 17.0 Å². The number of nitrogens with zero attached hydrogens (tertiary/aromatic N) is 3. The van der Waals surface area contributed by atoms with Crippen molar-refractivity contribution in [3.63, 3.8) is 0 Å². The van der Waals surface area contributed by atoms with Gasteiger partial charge in [-0.25, -0.2) is 0 Å². The van der Waals surface area contributed by atoms with E-state index in [2.05, 4.69) is 33.0 Å². The van der Waals surface area contributed by atoms with E-state index in [0.29, 0.717) is 33.1 Å². The number of carbonyl (C=O) groups is 1. The van der Waals surface area contributed by atoms with Crippen molar-refractivity contribution in [3.05, 3.63) is 72.5 Å². The minimum Gasteiger partial charge on any atom is -0.335 e. The summed E-state index contributed by atoms with van der Waals surface area (Å²) in [5.41, 5.74) is 1.23. The molecule has 0 unspecified atom stereocenters. The highest BCUT2D eigenvalue weighted by Crippen LogP contribution is 2.38. The lowest BCUT2D eigenvalue weighted by atomic mass is 10.2. The van der Waals surface area contributed by atoms with E-state index in [1.54, 1.807) is 6.07 Å². The number of non-ortho nitro benzene ring substituents is 1. The summed E-state index contributed by atoms with van der Waals surface area (Å²) in [6.07, 6.45) is 0. The van der Waals surface area contributed by atoms with E-state index < -0.39 is 4.92 Å². The number of thiophene rings is 1. The number of hydrogen-bond donors (Lipinski definition) is 0. The first kappa shape index (κ1) is 20.3. The van der Waals surface area contributed by atoms with E-state index in [0.717, 1.165) is 24.1 Å². The van der Waals surface area contributed by atoms with Gasteiger partial charge in [0, 0.05) is 59.4 Å². The van der Waals surface area contributed by atoms with Gasteiger partial charge in [0.2, 0.25) is 0 Å². The van der Waals surface area contributed by atoms with Crippen molar-refractivity contribution < 1.29 is 9.72 Å². The normalized spacial score (nSPS) is 15.0. The highest BCUT2D eigenvalue weighted by molar-refractivity contribution is 9.10. The predicted molar refractivity (Wildman–Crippen MR) is 119 cm³/mol. The maximum absolute atomic E-state index is 13.0. The zero-order valence-electron chi connectivity index (χ0n) is 15.3. The molecule has 0 radical (unpaired) electrons. The van der Waals surface area contributed by atoms with Crippen LogP contribution in [0.5, 0.6) is 0 Å². The molecule has 1 amide bonds. The first-order valence-corrected chi connectivity index (χ1v) is 11.0. The van der Waals surface area contributed by atoms with Crippen LogP contribution < -0.4 is 0 Å². The number of nitro groups is 1. The Hall–Kier alpha value is -2.00. The fourth-order valence-corrected chi connectivity index (χ4v) is 5.18. The van der Waals surface area contributed by atoms with Crippen LogP contribution in [0.3, 0.4) is 0 Å². The number of carbonyl (C=O) groups excluding carboxylic acids is 1. The summed E-state index contributed by atoms with van der Waals surface area (Å²) in [6.45, 7) is 3.67. The van der Waals surface area contributed by atoms with Crippen LogP contribution in [0, 0.1) is 10.1 Å². The van der Waals surface area contributed by atoms with Crippen molar-refractivity contribution in [2.24, 2.45) is 0 Å². The number of rotatable bonds is 4. The molecule has 0 atom stereocenters. The first-order chi connectivity index (χ1) is 13.9. The largest absolute Gasteiger partial charge is 0.335 e. The molecule has 0 spiro atoms. The molecule has 9 heteroatoms. The van der Waals surface area contributed by atoms with Gasteiger partial charge in [0.05, 0.1) is 9.95 Å². The number of amides is 1. The third kappa shape index (κ3) is 4.30. The van der Waals surface area contributed by atoms with Crippen LogP contribution in [0.1, 0.15) is 15.2 Å². The maximum Gasteiger partial charge on any atom is 0.270 e. The summed E-state index contributed by atoms with van der Waals surface area (Å²) in [4.78, 5) is 28.1. The molecule has 1 aliphatic heterocycles. The second-order valence-corrected chi connectivity index (χ2v) is 9.22. The quantitative estimate of drug-likeness (QED) is 0.370. The van der Waals surface area contributed by atoms with Gasteiger partial charge in [-0.15, -0.1) is 11.3 Å². The Morgan fingerprint density at radius 1 is 1.14 bits per heavy atom. The van der Waals surface area contributed by atoms with Gasteiger partial charge < -0.3 is 4.90 Å². The Bertz CT molecular complexity index is 1080. The average molecular weight is 495 g/mol. The molecule has 0 aliphatic carbocycles. The molecule has 0 bridgehead atoms. The maximum atomic E-state index is 13.0. The smallest absolute Gasteiger partial charge is 0.270 e. The van der Waals surface area contributed by atoms with Crippen molar-refractivity contribution in [2.75, 3.05) is 26.2 Å². The Labute approximate surface area is 184 Å². The molecule has 1 aromatic heterocycles. The van der Waals surface area contributed by atoms with Crippen molar-refractivity contribution >= 4 is 60.5 Å². The Morgan fingerprint density at radius 3 is 2.48 bits per heavy atom. The van der Waals surface area contributed by atoms with E-state index in [-0.39, 0.29) is 11.6 Å². The van der Waals surface area contributed by atoms with Crippen molar-refractivity contribution in [1.82, 2.24) is 9.80 Å². The molecule has 4 rings (SSSR count). The van der Waals surface area contributed by atoms with Crippen LogP contribution in [0.15, 0.2) is 46.9 Å². The molecule has 1 aliphatic rings. The molecule has 1 fully saturated rings. The van der Waals surface area contributed by atoms with Gasteiger partial charge in [0.1, 0.15) is 4.88 Å². The topological polar surface area (TPSA) is 66.7 Å². The molecule has 0 saturated carbocycles. The number of fused-ring (bicyclic) bond motifs is 1. The number of halogens is 2. The highest BCUT2D eigenvalue weighted by Gasteiger charge is 2.26. The molecule has 3 aromatic rings. The van der Waals surface area contributed by atoms with Crippen LogP contribution >= 0.6 is 38.9 Å². The molecule has 1 saturated heterocycles. The van der Waals surface area contributed by atoms with Gasteiger partial charge in [0.15, 0.2) is 0 Å². The fourth-order valence-electron chi connectivity index (χ4n) is 3.41. The molecule has 6 nitrogen and oxygen atoms in total. The van der Waals surface area contributed by atoms with Gasteiger partial charge in [0.25, 0.3) is 11.6 Å². The standard InChI is InChI=1S/C20H17BrClN3O3S/c21-14-3-1-13(2-4-14)12-23-7-9-24(10-8-23)20(26)19-18(22)16-6-5-15(25(27)28)11-17(16)29-19/h1-6,11H,7-10,12H2. The fraction of sp³-hybridized carbons (Fsp3) is 0.250. The lowest BCUT2D eigenvalue weighted by molar-refractivity contribution is -0.384. The minimum absolute atomic E-state index is 0.00373. The summed E-state index contributed by atoms with van der Waals surface area (Å²) < 4.78 is 1.71. The summed E-state index contributed by atoms with van der Waals surface area (Å²) in [6, 6.07) is 12.7. The zero-order chi connectivity index (χ0) is 20.5.